The number of unbranched alkanes of at least 4 members (excludes halogenated alkanes) is 4. The molecule has 0 aliphatic carbocycles. The molecule has 1 fully saturated rings. The summed E-state index contributed by atoms with van der Waals surface area (Å²) in [5.74, 6) is -2.23. The Bertz CT molecular complexity index is 963. The lowest BCUT2D eigenvalue weighted by atomic mass is 10.1. The van der Waals surface area contributed by atoms with E-state index < -0.39 is 30.3 Å². The normalized spacial score (nSPS) is 16.4. The third-order valence-electron chi connectivity index (χ3n) is 5.40. The summed E-state index contributed by atoms with van der Waals surface area (Å²) in [6.07, 6.45) is 7.80. The lowest BCUT2D eigenvalue weighted by Crippen LogP contribution is -2.45. The third-order valence-corrected chi connectivity index (χ3v) is 6.73. The van der Waals surface area contributed by atoms with Crippen LogP contribution in [-0.4, -0.2) is 56.0 Å². The van der Waals surface area contributed by atoms with Crippen LogP contribution >= 0.6 is 24.0 Å². The van der Waals surface area contributed by atoms with Gasteiger partial charge in [-0.05, 0) is 50.5 Å². The number of aliphatic carboxylic acids is 2. The number of benzene rings is 1. The van der Waals surface area contributed by atoms with Gasteiger partial charge in [-0.15, -0.1) is 0 Å². The summed E-state index contributed by atoms with van der Waals surface area (Å²) < 4.78 is 11.9. The predicted molar refractivity (Wildman–Crippen MR) is 140 cm³/mol. The van der Waals surface area contributed by atoms with Crippen molar-refractivity contribution in [2.45, 2.75) is 77.9 Å². The van der Waals surface area contributed by atoms with E-state index in [-0.39, 0.29) is 15.3 Å². The number of ether oxygens (including phenoxy) is 2. The maximum absolute atomic E-state index is 12.9. The summed E-state index contributed by atoms with van der Waals surface area (Å²) in [5, 5.41) is 18.4. The van der Waals surface area contributed by atoms with Gasteiger partial charge in [-0.1, -0.05) is 62.7 Å². The quantitative estimate of drug-likeness (QED) is 0.179. The van der Waals surface area contributed by atoms with Crippen molar-refractivity contribution in [2.24, 2.45) is 0 Å². The van der Waals surface area contributed by atoms with Crippen LogP contribution in [0.2, 0.25) is 0 Å². The van der Waals surface area contributed by atoms with Gasteiger partial charge < -0.3 is 19.7 Å². The molecule has 2 rings (SSSR count). The summed E-state index contributed by atoms with van der Waals surface area (Å²) in [5.41, 5.74) is 0.652. The standard InChI is InChI=1S/C25H33NO7S2/c1-4-6-7-8-9-10-16(3)33-19-12-11-17(13-20(19)32-5-2)14-21-23(29)26(25(34)35-21)18(24(30)31)15-22(27)28/h11-14,16,18H,4-10,15H2,1-3H3,(H,27,28)(H,30,31)/b21-14+. The van der Waals surface area contributed by atoms with Crippen LogP contribution in [0.3, 0.4) is 0 Å². The molecule has 8 nitrogen and oxygen atoms in total. The van der Waals surface area contributed by atoms with Crippen LogP contribution in [0, 0.1) is 0 Å². The number of thiocarbonyl (C=S) groups is 1. The molecule has 192 valence electrons. The molecule has 0 radical (unpaired) electrons. The Balaban J connectivity index is 2.16. The van der Waals surface area contributed by atoms with Crippen molar-refractivity contribution in [3.05, 3.63) is 28.7 Å². The van der Waals surface area contributed by atoms with Crippen LogP contribution < -0.4 is 9.47 Å². The molecular formula is C25H33NO7S2. The van der Waals surface area contributed by atoms with E-state index in [0.717, 1.165) is 29.5 Å². The van der Waals surface area contributed by atoms with Gasteiger partial charge >= 0.3 is 11.9 Å². The Hall–Kier alpha value is -2.59. The highest BCUT2D eigenvalue weighted by atomic mass is 32.2. The Labute approximate surface area is 215 Å². The number of hydrogen-bond acceptors (Lipinski definition) is 7. The van der Waals surface area contributed by atoms with Gasteiger partial charge in [0.05, 0.1) is 24.0 Å². The van der Waals surface area contributed by atoms with Crippen molar-refractivity contribution < 1.29 is 34.1 Å². The van der Waals surface area contributed by atoms with E-state index in [9.17, 15) is 19.5 Å². The Morgan fingerprint density at radius 3 is 2.49 bits per heavy atom. The molecule has 1 aromatic rings. The summed E-state index contributed by atoms with van der Waals surface area (Å²) in [4.78, 5) is 36.6. The van der Waals surface area contributed by atoms with E-state index in [1.54, 1.807) is 24.3 Å². The average molecular weight is 524 g/mol. The number of rotatable bonds is 15. The maximum Gasteiger partial charge on any atom is 0.327 e. The van der Waals surface area contributed by atoms with E-state index in [1.165, 1.54) is 25.7 Å². The highest BCUT2D eigenvalue weighted by Crippen LogP contribution is 2.36. The zero-order valence-electron chi connectivity index (χ0n) is 20.3. The SMILES string of the molecule is CCCCCCCC(C)Oc1ccc(/C=C2/SC(=S)N(C(CC(=O)O)C(=O)O)C2=O)cc1OCC. The lowest BCUT2D eigenvalue weighted by molar-refractivity contribution is -0.150. The largest absolute Gasteiger partial charge is 0.490 e. The van der Waals surface area contributed by atoms with Gasteiger partial charge in [0.15, 0.2) is 11.5 Å². The van der Waals surface area contributed by atoms with E-state index in [4.69, 9.17) is 26.8 Å². The minimum Gasteiger partial charge on any atom is -0.490 e. The van der Waals surface area contributed by atoms with Gasteiger partial charge in [0.1, 0.15) is 10.4 Å². The van der Waals surface area contributed by atoms with Crippen LogP contribution in [0.5, 0.6) is 11.5 Å². The highest BCUT2D eigenvalue weighted by molar-refractivity contribution is 8.26. The number of carboxylic acids is 2. The number of hydrogen-bond donors (Lipinski definition) is 2. The first kappa shape index (κ1) is 28.6. The number of thioether (sulfide) groups is 1. The smallest absolute Gasteiger partial charge is 0.327 e. The molecular weight excluding hydrogens is 490 g/mol. The first-order chi connectivity index (χ1) is 16.7. The van der Waals surface area contributed by atoms with E-state index >= 15 is 0 Å². The zero-order valence-corrected chi connectivity index (χ0v) is 22.0. The van der Waals surface area contributed by atoms with Crippen LogP contribution in [0.4, 0.5) is 0 Å². The van der Waals surface area contributed by atoms with Crippen molar-refractivity contribution in [1.82, 2.24) is 4.90 Å². The van der Waals surface area contributed by atoms with Crippen molar-refractivity contribution >= 4 is 52.2 Å². The number of nitrogens with zero attached hydrogens (tertiary/aromatic N) is 1. The molecule has 10 heteroatoms. The molecule has 2 unspecified atom stereocenters. The van der Waals surface area contributed by atoms with Gasteiger partial charge in [0.2, 0.25) is 0 Å². The van der Waals surface area contributed by atoms with Crippen molar-refractivity contribution in [2.75, 3.05) is 6.61 Å². The van der Waals surface area contributed by atoms with Gasteiger partial charge in [0, 0.05) is 0 Å². The second-order valence-corrected chi connectivity index (χ2v) is 9.95. The van der Waals surface area contributed by atoms with E-state index in [1.807, 2.05) is 13.8 Å². The van der Waals surface area contributed by atoms with E-state index in [0.29, 0.717) is 23.7 Å². The summed E-state index contributed by atoms with van der Waals surface area (Å²) >= 11 is 6.12. The fourth-order valence-electron chi connectivity index (χ4n) is 3.65. The predicted octanol–water partition coefficient (Wildman–Crippen LogP) is 5.34. The highest BCUT2D eigenvalue weighted by Gasteiger charge is 2.41. The Kier molecular flexibility index (Phi) is 11.5. The lowest BCUT2D eigenvalue weighted by Gasteiger charge is -2.21. The Morgan fingerprint density at radius 1 is 1.14 bits per heavy atom. The monoisotopic (exact) mass is 523 g/mol. The summed E-state index contributed by atoms with van der Waals surface area (Å²) in [6, 6.07) is 3.76. The molecule has 0 saturated carbocycles. The van der Waals surface area contributed by atoms with Crippen LogP contribution in [-0.2, 0) is 14.4 Å². The van der Waals surface area contributed by atoms with E-state index in [2.05, 4.69) is 6.92 Å². The molecule has 0 spiro atoms. The first-order valence-corrected chi connectivity index (χ1v) is 13.1. The second-order valence-electron chi connectivity index (χ2n) is 8.27. The van der Waals surface area contributed by atoms with Gasteiger partial charge in [-0.25, -0.2) is 4.79 Å². The van der Waals surface area contributed by atoms with Crippen molar-refractivity contribution in [1.29, 1.82) is 0 Å². The van der Waals surface area contributed by atoms with Crippen molar-refractivity contribution in [3.63, 3.8) is 0 Å². The molecule has 1 saturated heterocycles. The minimum absolute atomic E-state index is 0.00708. The maximum atomic E-state index is 12.9. The molecule has 1 heterocycles. The fourth-order valence-corrected chi connectivity index (χ4v) is 5.00. The van der Waals surface area contributed by atoms with Gasteiger partial charge in [0.25, 0.3) is 5.91 Å². The van der Waals surface area contributed by atoms with Gasteiger partial charge in [-0.2, -0.15) is 0 Å². The minimum atomic E-state index is -1.57. The number of carboxylic acid groups (broad SMARTS) is 2. The molecule has 35 heavy (non-hydrogen) atoms. The Morgan fingerprint density at radius 2 is 1.86 bits per heavy atom. The number of carbonyl (C=O) groups is 3. The zero-order chi connectivity index (χ0) is 26.0. The topological polar surface area (TPSA) is 113 Å². The average Bonchev–Trinajstić information content (AvgIpc) is 3.06. The third kappa shape index (κ3) is 8.54. The fraction of sp³-hybridized carbons (Fsp3) is 0.520. The number of amides is 1. The molecule has 2 atom stereocenters. The molecule has 2 N–H and O–H groups in total. The second kappa shape index (κ2) is 14.1. The summed E-state index contributed by atoms with van der Waals surface area (Å²) in [7, 11) is 0. The number of carbonyl (C=O) groups excluding carboxylic acids is 1. The van der Waals surface area contributed by atoms with Gasteiger partial charge in [-0.3, -0.25) is 14.5 Å². The molecule has 1 aromatic carbocycles. The van der Waals surface area contributed by atoms with Crippen molar-refractivity contribution in [3.8, 4) is 11.5 Å². The molecule has 0 bridgehead atoms. The van der Waals surface area contributed by atoms with Crippen LogP contribution in [0.1, 0.15) is 71.3 Å². The molecule has 1 aliphatic heterocycles. The molecule has 0 aromatic heterocycles. The molecule has 1 aliphatic rings. The molecule has 1 amide bonds. The van der Waals surface area contributed by atoms with Crippen LogP contribution in [0.25, 0.3) is 6.08 Å². The first-order valence-electron chi connectivity index (χ1n) is 11.8. The van der Waals surface area contributed by atoms with Crippen LogP contribution in [0.15, 0.2) is 23.1 Å². The summed E-state index contributed by atoms with van der Waals surface area (Å²) in [6.45, 7) is 6.53.